The largest absolute Gasteiger partial charge is 0.445 e. The van der Waals surface area contributed by atoms with Gasteiger partial charge in [-0.25, -0.2) is 4.79 Å². The molecule has 0 saturated carbocycles. The Kier molecular flexibility index (Phi) is 4.17. The van der Waals surface area contributed by atoms with Gasteiger partial charge < -0.3 is 19.8 Å². The van der Waals surface area contributed by atoms with E-state index in [2.05, 4.69) is 0 Å². The van der Waals surface area contributed by atoms with Crippen LogP contribution < -0.4 is 0 Å². The summed E-state index contributed by atoms with van der Waals surface area (Å²) < 4.78 is 5.16. The van der Waals surface area contributed by atoms with Crippen LogP contribution in [0.2, 0.25) is 0 Å². The Bertz CT molecular complexity index is 395. The van der Waals surface area contributed by atoms with Crippen molar-refractivity contribution in [1.29, 1.82) is 0 Å². The molecule has 1 amide bonds. The van der Waals surface area contributed by atoms with Crippen molar-refractivity contribution in [3.05, 3.63) is 35.9 Å². The maximum atomic E-state index is 11.8. The van der Waals surface area contributed by atoms with Crippen LogP contribution in [0.1, 0.15) is 12.0 Å². The molecule has 0 spiro atoms. The Balaban J connectivity index is 1.88. The minimum atomic E-state index is -0.577. The number of nitrogens with zero attached hydrogens (tertiary/aromatic N) is 1. The van der Waals surface area contributed by atoms with Crippen molar-refractivity contribution in [3.8, 4) is 0 Å². The number of benzene rings is 1. The Morgan fingerprint density at radius 2 is 2.11 bits per heavy atom. The molecule has 2 N–H and O–H groups in total. The lowest BCUT2D eigenvalue weighted by Gasteiger charge is -2.21. The zero-order valence-corrected chi connectivity index (χ0v) is 10.0. The average Bonchev–Trinajstić information content (AvgIpc) is 2.78. The number of aliphatic hydroxyl groups is 2. The van der Waals surface area contributed by atoms with E-state index in [1.165, 1.54) is 4.90 Å². The minimum Gasteiger partial charge on any atom is -0.445 e. The Morgan fingerprint density at radius 1 is 1.39 bits per heavy atom. The SMILES string of the molecule is O=C(OCc1ccccc1)N1C[C@H](O)CC1CO. The predicted octanol–water partition coefficient (Wildman–Crippen LogP) is 0.751. The highest BCUT2D eigenvalue weighted by Crippen LogP contribution is 2.18. The zero-order chi connectivity index (χ0) is 13.0. The van der Waals surface area contributed by atoms with Crippen LogP contribution in [0.5, 0.6) is 0 Å². The van der Waals surface area contributed by atoms with Gasteiger partial charge in [0.15, 0.2) is 0 Å². The Morgan fingerprint density at radius 3 is 2.78 bits per heavy atom. The van der Waals surface area contributed by atoms with Crippen molar-refractivity contribution < 1.29 is 19.7 Å². The molecule has 0 aromatic heterocycles. The number of aliphatic hydroxyl groups excluding tert-OH is 2. The summed E-state index contributed by atoms with van der Waals surface area (Å²) in [4.78, 5) is 13.2. The lowest BCUT2D eigenvalue weighted by Crippen LogP contribution is -2.38. The van der Waals surface area contributed by atoms with Crippen molar-refractivity contribution >= 4 is 6.09 Å². The molecule has 1 aliphatic rings. The third kappa shape index (κ3) is 3.00. The third-order valence-electron chi connectivity index (χ3n) is 3.04. The van der Waals surface area contributed by atoms with E-state index < -0.39 is 12.2 Å². The second-order valence-electron chi connectivity index (χ2n) is 4.42. The summed E-state index contributed by atoms with van der Waals surface area (Å²) in [6, 6.07) is 9.04. The van der Waals surface area contributed by atoms with Crippen LogP contribution >= 0.6 is 0 Å². The number of amides is 1. The fraction of sp³-hybridized carbons (Fsp3) is 0.462. The van der Waals surface area contributed by atoms with Gasteiger partial charge in [-0.15, -0.1) is 0 Å². The first-order chi connectivity index (χ1) is 8.70. The van der Waals surface area contributed by atoms with Gasteiger partial charge in [0.1, 0.15) is 6.61 Å². The van der Waals surface area contributed by atoms with Crippen LogP contribution in [0.4, 0.5) is 4.79 Å². The monoisotopic (exact) mass is 251 g/mol. The molecule has 98 valence electrons. The molecule has 1 aromatic carbocycles. The molecule has 1 aliphatic heterocycles. The Hall–Kier alpha value is -1.59. The number of hydrogen-bond acceptors (Lipinski definition) is 4. The number of likely N-dealkylation sites (tertiary alicyclic amines) is 1. The maximum Gasteiger partial charge on any atom is 0.410 e. The van der Waals surface area contributed by atoms with E-state index in [-0.39, 0.29) is 25.8 Å². The molecular weight excluding hydrogens is 234 g/mol. The molecule has 1 heterocycles. The highest BCUT2D eigenvalue weighted by molar-refractivity contribution is 5.68. The number of ether oxygens (including phenoxy) is 1. The molecule has 1 aromatic rings. The first-order valence-corrected chi connectivity index (χ1v) is 5.97. The molecule has 1 saturated heterocycles. The summed E-state index contributed by atoms with van der Waals surface area (Å²) in [7, 11) is 0. The molecule has 5 heteroatoms. The van der Waals surface area contributed by atoms with Crippen molar-refractivity contribution in [2.45, 2.75) is 25.2 Å². The molecule has 2 rings (SSSR count). The zero-order valence-electron chi connectivity index (χ0n) is 10.0. The van der Waals surface area contributed by atoms with Gasteiger partial charge in [0.05, 0.1) is 25.3 Å². The minimum absolute atomic E-state index is 0.155. The lowest BCUT2D eigenvalue weighted by molar-refractivity contribution is 0.0772. The van der Waals surface area contributed by atoms with Gasteiger partial charge in [0.2, 0.25) is 0 Å². The van der Waals surface area contributed by atoms with Gasteiger partial charge in [0, 0.05) is 0 Å². The number of carbonyl (C=O) groups is 1. The van der Waals surface area contributed by atoms with Gasteiger partial charge in [-0.05, 0) is 12.0 Å². The predicted molar refractivity (Wildman–Crippen MR) is 64.8 cm³/mol. The third-order valence-corrected chi connectivity index (χ3v) is 3.04. The van der Waals surface area contributed by atoms with E-state index >= 15 is 0 Å². The highest BCUT2D eigenvalue weighted by Gasteiger charge is 2.34. The van der Waals surface area contributed by atoms with E-state index in [4.69, 9.17) is 9.84 Å². The fourth-order valence-electron chi connectivity index (χ4n) is 2.09. The number of rotatable bonds is 3. The molecule has 2 atom stereocenters. The lowest BCUT2D eigenvalue weighted by atomic mass is 10.2. The summed E-state index contributed by atoms with van der Waals surface area (Å²) in [6.07, 6.45) is -0.669. The first kappa shape index (κ1) is 12.9. The number of β-amino-alcohol motifs (C(OH)–C–C–N with tert-alkyl or cyclic N) is 1. The molecule has 0 aliphatic carbocycles. The van der Waals surface area contributed by atoms with Crippen molar-refractivity contribution in [3.63, 3.8) is 0 Å². The van der Waals surface area contributed by atoms with Gasteiger partial charge in [-0.1, -0.05) is 30.3 Å². The molecular formula is C13H17NO4. The summed E-state index contributed by atoms with van der Waals surface area (Å²) in [5.41, 5.74) is 0.908. The summed E-state index contributed by atoms with van der Waals surface area (Å²) in [6.45, 7) is 0.265. The van der Waals surface area contributed by atoms with E-state index in [9.17, 15) is 9.90 Å². The topological polar surface area (TPSA) is 70.0 Å². The normalized spacial score (nSPS) is 23.1. The van der Waals surface area contributed by atoms with E-state index in [0.717, 1.165) is 5.56 Å². The van der Waals surface area contributed by atoms with Crippen LogP contribution in [-0.2, 0) is 11.3 Å². The fourth-order valence-corrected chi connectivity index (χ4v) is 2.09. The van der Waals surface area contributed by atoms with Crippen molar-refractivity contribution in [1.82, 2.24) is 4.90 Å². The molecule has 18 heavy (non-hydrogen) atoms. The van der Waals surface area contributed by atoms with Crippen LogP contribution in [0.15, 0.2) is 30.3 Å². The van der Waals surface area contributed by atoms with Crippen LogP contribution in [0.3, 0.4) is 0 Å². The van der Waals surface area contributed by atoms with E-state index in [1.807, 2.05) is 30.3 Å². The van der Waals surface area contributed by atoms with Gasteiger partial charge in [-0.3, -0.25) is 0 Å². The second-order valence-corrected chi connectivity index (χ2v) is 4.42. The number of carbonyl (C=O) groups excluding carboxylic acids is 1. The first-order valence-electron chi connectivity index (χ1n) is 5.97. The smallest absolute Gasteiger partial charge is 0.410 e. The summed E-state index contributed by atoms with van der Waals surface area (Å²) >= 11 is 0. The standard InChI is InChI=1S/C13H17NO4/c15-8-11-6-12(16)7-14(11)13(17)18-9-10-4-2-1-3-5-10/h1-5,11-12,15-16H,6-9H2/t11?,12-/m1/s1. The average molecular weight is 251 g/mol. The molecule has 0 radical (unpaired) electrons. The molecule has 0 bridgehead atoms. The van der Waals surface area contributed by atoms with Crippen molar-refractivity contribution in [2.75, 3.05) is 13.2 Å². The van der Waals surface area contributed by atoms with Gasteiger partial charge in [0.25, 0.3) is 0 Å². The van der Waals surface area contributed by atoms with E-state index in [0.29, 0.717) is 6.42 Å². The molecule has 1 unspecified atom stereocenters. The molecule has 5 nitrogen and oxygen atoms in total. The van der Waals surface area contributed by atoms with E-state index in [1.54, 1.807) is 0 Å². The van der Waals surface area contributed by atoms with Crippen LogP contribution in [0.25, 0.3) is 0 Å². The maximum absolute atomic E-state index is 11.8. The number of hydrogen-bond donors (Lipinski definition) is 2. The van der Waals surface area contributed by atoms with Gasteiger partial charge >= 0.3 is 6.09 Å². The second kappa shape index (κ2) is 5.84. The van der Waals surface area contributed by atoms with Gasteiger partial charge in [-0.2, -0.15) is 0 Å². The quantitative estimate of drug-likeness (QED) is 0.831. The Labute approximate surface area is 106 Å². The summed E-state index contributed by atoms with van der Waals surface area (Å²) in [5.74, 6) is 0. The van der Waals surface area contributed by atoms with Crippen LogP contribution in [-0.4, -0.2) is 46.5 Å². The highest BCUT2D eigenvalue weighted by atomic mass is 16.6. The summed E-state index contributed by atoms with van der Waals surface area (Å²) in [5, 5.41) is 18.6. The van der Waals surface area contributed by atoms with Crippen LogP contribution in [0, 0.1) is 0 Å². The van der Waals surface area contributed by atoms with Crippen molar-refractivity contribution in [2.24, 2.45) is 0 Å². The molecule has 1 fully saturated rings.